The van der Waals surface area contributed by atoms with Crippen molar-refractivity contribution in [1.82, 2.24) is 0 Å². The molecule has 0 aliphatic rings. The highest BCUT2D eigenvalue weighted by atomic mass is 19.1. The predicted molar refractivity (Wildman–Crippen MR) is 65.4 cm³/mol. The molecule has 0 amide bonds. The monoisotopic (exact) mass is 213 g/mol. The van der Waals surface area contributed by atoms with Crippen molar-refractivity contribution in [3.63, 3.8) is 0 Å². The van der Waals surface area contributed by atoms with Gasteiger partial charge >= 0.3 is 0 Å². The first-order valence-corrected chi connectivity index (χ1v) is 5.08. The van der Waals surface area contributed by atoms with Crippen LogP contribution in [0.2, 0.25) is 0 Å². The lowest BCUT2D eigenvalue weighted by atomic mass is 10.0. The molecule has 0 radical (unpaired) electrons. The quantitative estimate of drug-likeness (QED) is 0.676. The fraction of sp³-hybridized carbons (Fsp3) is 0.0714. The van der Waals surface area contributed by atoms with Crippen LogP contribution in [-0.2, 0) is 0 Å². The molecule has 0 saturated heterocycles. The van der Waals surface area contributed by atoms with Crippen molar-refractivity contribution < 1.29 is 4.39 Å². The zero-order valence-electron chi connectivity index (χ0n) is 9.02. The van der Waals surface area contributed by atoms with Gasteiger partial charge < -0.3 is 0 Å². The fourth-order valence-corrected chi connectivity index (χ4v) is 1.64. The predicted octanol–water partition coefficient (Wildman–Crippen LogP) is 3.54. The van der Waals surface area contributed by atoms with Gasteiger partial charge in [0.25, 0.3) is 0 Å². The Kier molecular flexibility index (Phi) is 3.10. The molecule has 1 nitrogen and oxygen atoms in total. The molecule has 0 aliphatic carbocycles. The first-order chi connectivity index (χ1) is 7.81. The highest BCUT2D eigenvalue weighted by Gasteiger charge is 2.02. The van der Waals surface area contributed by atoms with Crippen molar-refractivity contribution in [2.75, 3.05) is 7.05 Å². The van der Waals surface area contributed by atoms with Crippen LogP contribution in [0.3, 0.4) is 0 Å². The van der Waals surface area contributed by atoms with Gasteiger partial charge in [0.05, 0.1) is 0 Å². The summed E-state index contributed by atoms with van der Waals surface area (Å²) in [6.07, 6.45) is 1.80. The maximum absolute atomic E-state index is 12.8. The number of rotatable bonds is 2. The lowest BCUT2D eigenvalue weighted by Gasteiger charge is -2.05. The standard InChI is InChI=1S/C14H12FN/c1-16-10-12-4-2-3-5-14(12)11-6-8-13(15)9-7-11/h2-10H,1H3. The van der Waals surface area contributed by atoms with E-state index in [0.717, 1.165) is 16.7 Å². The highest BCUT2D eigenvalue weighted by Crippen LogP contribution is 2.22. The molecule has 16 heavy (non-hydrogen) atoms. The van der Waals surface area contributed by atoms with Gasteiger partial charge in [-0.05, 0) is 23.3 Å². The molecule has 0 unspecified atom stereocenters. The second-order valence-corrected chi connectivity index (χ2v) is 3.48. The van der Waals surface area contributed by atoms with Gasteiger partial charge in [-0.1, -0.05) is 36.4 Å². The SMILES string of the molecule is CN=Cc1ccccc1-c1ccc(F)cc1. The van der Waals surface area contributed by atoms with Crippen LogP contribution in [0.25, 0.3) is 11.1 Å². The topological polar surface area (TPSA) is 12.4 Å². The van der Waals surface area contributed by atoms with E-state index in [1.54, 1.807) is 25.4 Å². The normalized spacial score (nSPS) is 10.9. The Morgan fingerprint density at radius 1 is 1.00 bits per heavy atom. The summed E-state index contributed by atoms with van der Waals surface area (Å²) in [5.41, 5.74) is 3.10. The zero-order chi connectivity index (χ0) is 11.4. The summed E-state index contributed by atoms with van der Waals surface area (Å²) in [5.74, 6) is -0.217. The maximum atomic E-state index is 12.8. The number of benzene rings is 2. The molecule has 2 rings (SSSR count). The van der Waals surface area contributed by atoms with Crippen molar-refractivity contribution in [2.24, 2.45) is 4.99 Å². The molecule has 0 aliphatic heterocycles. The van der Waals surface area contributed by atoms with Crippen LogP contribution in [0, 0.1) is 5.82 Å². The van der Waals surface area contributed by atoms with Gasteiger partial charge in [-0.3, -0.25) is 4.99 Å². The number of nitrogens with zero attached hydrogens (tertiary/aromatic N) is 1. The number of hydrogen-bond donors (Lipinski definition) is 0. The van der Waals surface area contributed by atoms with Crippen molar-refractivity contribution in [1.29, 1.82) is 0 Å². The summed E-state index contributed by atoms with van der Waals surface area (Å²) in [6.45, 7) is 0. The first kappa shape index (κ1) is 10.6. The minimum atomic E-state index is -0.217. The lowest BCUT2D eigenvalue weighted by Crippen LogP contribution is -1.87. The van der Waals surface area contributed by atoms with E-state index in [2.05, 4.69) is 4.99 Å². The van der Waals surface area contributed by atoms with Crippen molar-refractivity contribution in [3.05, 3.63) is 59.9 Å². The molecule has 0 bridgehead atoms. The minimum Gasteiger partial charge on any atom is -0.296 e. The van der Waals surface area contributed by atoms with Crippen LogP contribution >= 0.6 is 0 Å². The Morgan fingerprint density at radius 3 is 2.38 bits per heavy atom. The number of aliphatic imine (C=N–C) groups is 1. The van der Waals surface area contributed by atoms with Crippen molar-refractivity contribution in [2.45, 2.75) is 0 Å². The molecule has 2 aromatic rings. The van der Waals surface area contributed by atoms with E-state index >= 15 is 0 Å². The number of halogens is 1. The van der Waals surface area contributed by atoms with Gasteiger partial charge in [0.2, 0.25) is 0 Å². The zero-order valence-corrected chi connectivity index (χ0v) is 9.02. The summed E-state index contributed by atoms with van der Waals surface area (Å²) in [6, 6.07) is 14.4. The Balaban J connectivity index is 2.51. The van der Waals surface area contributed by atoms with E-state index in [1.165, 1.54) is 12.1 Å². The molecule has 2 aromatic carbocycles. The highest BCUT2D eigenvalue weighted by molar-refractivity contribution is 5.90. The summed E-state index contributed by atoms with van der Waals surface area (Å²) in [4.78, 5) is 4.01. The summed E-state index contributed by atoms with van der Waals surface area (Å²) >= 11 is 0. The largest absolute Gasteiger partial charge is 0.296 e. The van der Waals surface area contributed by atoms with E-state index in [9.17, 15) is 4.39 Å². The van der Waals surface area contributed by atoms with Crippen LogP contribution in [0.4, 0.5) is 4.39 Å². The van der Waals surface area contributed by atoms with Gasteiger partial charge in [-0.2, -0.15) is 0 Å². The number of hydrogen-bond acceptors (Lipinski definition) is 1. The molecule has 2 heteroatoms. The minimum absolute atomic E-state index is 0.217. The molecular weight excluding hydrogens is 201 g/mol. The molecule has 0 N–H and O–H groups in total. The molecule has 0 aromatic heterocycles. The van der Waals surface area contributed by atoms with Gasteiger partial charge in [-0.15, -0.1) is 0 Å². The summed E-state index contributed by atoms with van der Waals surface area (Å²) in [7, 11) is 1.74. The van der Waals surface area contributed by atoms with Crippen molar-refractivity contribution >= 4 is 6.21 Å². The average molecular weight is 213 g/mol. The molecule has 0 spiro atoms. The molecular formula is C14H12FN. The van der Waals surface area contributed by atoms with Gasteiger partial charge in [-0.25, -0.2) is 4.39 Å². The maximum Gasteiger partial charge on any atom is 0.123 e. The molecule has 0 atom stereocenters. The van der Waals surface area contributed by atoms with Crippen LogP contribution in [0.15, 0.2) is 53.5 Å². The third-order valence-electron chi connectivity index (χ3n) is 2.38. The van der Waals surface area contributed by atoms with Crippen LogP contribution in [-0.4, -0.2) is 13.3 Å². The molecule has 80 valence electrons. The smallest absolute Gasteiger partial charge is 0.123 e. The Hall–Kier alpha value is -1.96. The summed E-state index contributed by atoms with van der Waals surface area (Å²) < 4.78 is 12.8. The molecule has 0 saturated carbocycles. The van der Waals surface area contributed by atoms with E-state index in [-0.39, 0.29) is 5.82 Å². The van der Waals surface area contributed by atoms with E-state index in [0.29, 0.717) is 0 Å². The Labute approximate surface area is 94.3 Å². The van der Waals surface area contributed by atoms with Crippen molar-refractivity contribution in [3.8, 4) is 11.1 Å². The first-order valence-electron chi connectivity index (χ1n) is 5.08. The third kappa shape index (κ3) is 2.16. The van der Waals surface area contributed by atoms with E-state index in [1.807, 2.05) is 24.3 Å². The molecule has 0 fully saturated rings. The Morgan fingerprint density at radius 2 is 1.69 bits per heavy atom. The third-order valence-corrected chi connectivity index (χ3v) is 2.38. The second-order valence-electron chi connectivity index (χ2n) is 3.48. The van der Waals surface area contributed by atoms with E-state index in [4.69, 9.17) is 0 Å². The Bertz CT molecular complexity index is 500. The molecule has 0 heterocycles. The van der Waals surface area contributed by atoms with E-state index < -0.39 is 0 Å². The van der Waals surface area contributed by atoms with Gasteiger partial charge in [0.15, 0.2) is 0 Å². The lowest BCUT2D eigenvalue weighted by molar-refractivity contribution is 0.628. The summed E-state index contributed by atoms with van der Waals surface area (Å²) in [5, 5.41) is 0. The van der Waals surface area contributed by atoms with Gasteiger partial charge in [0, 0.05) is 18.8 Å². The van der Waals surface area contributed by atoms with Crippen LogP contribution in [0.5, 0.6) is 0 Å². The fourth-order valence-electron chi connectivity index (χ4n) is 1.64. The van der Waals surface area contributed by atoms with Crippen LogP contribution < -0.4 is 0 Å². The second kappa shape index (κ2) is 4.71. The van der Waals surface area contributed by atoms with Gasteiger partial charge in [0.1, 0.15) is 5.82 Å². The average Bonchev–Trinajstić information content (AvgIpc) is 2.32. The van der Waals surface area contributed by atoms with Crippen LogP contribution in [0.1, 0.15) is 5.56 Å².